The molecule has 4 rings (SSSR count). The van der Waals surface area contributed by atoms with Crippen molar-refractivity contribution in [3.05, 3.63) is 54.1 Å². The molecule has 0 saturated carbocycles. The maximum atomic E-state index is 13.5. The molecule has 1 amide bonds. The second-order valence-corrected chi connectivity index (χ2v) is 10.1. The van der Waals surface area contributed by atoms with E-state index in [1.54, 1.807) is 23.1 Å². The molecule has 0 aliphatic carbocycles. The molecule has 2 heterocycles. The average molecular weight is 445 g/mol. The molecule has 0 radical (unpaired) electrons. The molecule has 0 spiro atoms. The van der Waals surface area contributed by atoms with Gasteiger partial charge in [0.25, 0.3) is 0 Å². The molecule has 0 bridgehead atoms. The van der Waals surface area contributed by atoms with Crippen molar-refractivity contribution in [3.8, 4) is 0 Å². The van der Waals surface area contributed by atoms with Crippen LogP contribution in [-0.2, 0) is 21.4 Å². The number of carbonyl (C=O) groups is 1. The van der Waals surface area contributed by atoms with Crippen molar-refractivity contribution in [3.63, 3.8) is 0 Å². The van der Waals surface area contributed by atoms with Crippen molar-refractivity contribution in [1.29, 1.82) is 0 Å². The quantitative estimate of drug-likeness (QED) is 0.583. The number of rotatable bonds is 6. The molecule has 1 aliphatic rings. The topological polar surface area (TPSA) is 83.5 Å². The number of hydrogen-bond donors (Lipinski definition) is 0. The maximum Gasteiger partial charge on any atom is 0.246 e. The minimum Gasteiger partial charge on any atom is -0.335 e. The highest BCUT2D eigenvalue weighted by Gasteiger charge is 2.42. The van der Waals surface area contributed by atoms with Gasteiger partial charge in [0.2, 0.25) is 15.9 Å². The molecule has 9 heteroatoms. The van der Waals surface area contributed by atoms with Crippen molar-refractivity contribution in [2.75, 3.05) is 6.54 Å². The Morgan fingerprint density at radius 3 is 2.67 bits per heavy atom. The molecule has 1 fully saturated rings. The number of sulfonamides is 1. The average Bonchev–Trinajstić information content (AvgIpc) is 3.41. The number of hydrogen-bond acceptors (Lipinski definition) is 6. The highest BCUT2D eigenvalue weighted by molar-refractivity contribution is 7.89. The fourth-order valence-electron chi connectivity index (χ4n) is 3.88. The summed E-state index contributed by atoms with van der Waals surface area (Å²) < 4.78 is 36.7. The van der Waals surface area contributed by atoms with Crippen LogP contribution in [0.25, 0.3) is 11.0 Å². The molecular formula is C21H24N4O3S2. The van der Waals surface area contributed by atoms with E-state index in [2.05, 4.69) is 8.75 Å². The zero-order chi connectivity index (χ0) is 21.3. The van der Waals surface area contributed by atoms with E-state index in [4.69, 9.17) is 0 Å². The maximum absolute atomic E-state index is 13.5. The van der Waals surface area contributed by atoms with Crippen LogP contribution in [0, 0.1) is 0 Å². The van der Waals surface area contributed by atoms with Crippen molar-refractivity contribution in [2.45, 2.75) is 50.2 Å². The Morgan fingerprint density at radius 2 is 1.93 bits per heavy atom. The first-order valence-corrected chi connectivity index (χ1v) is 12.1. The third-order valence-electron chi connectivity index (χ3n) is 5.43. The Balaban J connectivity index is 1.65. The number of carbonyl (C=O) groups excluding carboxylic acids is 1. The summed E-state index contributed by atoms with van der Waals surface area (Å²) in [6.45, 7) is 4.68. The van der Waals surface area contributed by atoms with Gasteiger partial charge in [0.1, 0.15) is 22.0 Å². The number of fused-ring (bicyclic) bond motifs is 1. The normalized spacial score (nSPS) is 17.6. The summed E-state index contributed by atoms with van der Waals surface area (Å²) >= 11 is 0.985. The third-order valence-corrected chi connectivity index (χ3v) is 7.91. The first kappa shape index (κ1) is 20.9. The highest BCUT2D eigenvalue weighted by atomic mass is 32.2. The van der Waals surface area contributed by atoms with Crippen LogP contribution in [-0.4, -0.2) is 50.9 Å². The Morgan fingerprint density at radius 1 is 1.17 bits per heavy atom. The van der Waals surface area contributed by atoms with Crippen LogP contribution in [0.15, 0.2) is 53.4 Å². The standard InChI is InChI=1S/C21H24N4O3S2/c1-15(2)24(14-16-8-4-3-5-9-16)21(26)18-11-7-13-25(18)30(27,28)19-12-6-10-17-20(19)23-29-22-17/h3-6,8-10,12,15,18H,7,11,13-14H2,1-2H3/t18-/m1/s1. The Bertz CT molecular complexity index is 1150. The molecule has 0 N–H and O–H groups in total. The third kappa shape index (κ3) is 3.84. The predicted octanol–water partition coefficient (Wildman–Crippen LogP) is 3.28. The van der Waals surface area contributed by atoms with Gasteiger partial charge in [-0.25, -0.2) is 8.42 Å². The summed E-state index contributed by atoms with van der Waals surface area (Å²) in [5.74, 6) is -0.154. The van der Waals surface area contributed by atoms with E-state index in [0.29, 0.717) is 37.0 Å². The summed E-state index contributed by atoms with van der Waals surface area (Å²) in [5.41, 5.74) is 1.94. The summed E-state index contributed by atoms with van der Waals surface area (Å²) in [6.07, 6.45) is 1.17. The SMILES string of the molecule is CC(C)N(Cc1ccccc1)C(=O)[C@H]1CCCN1S(=O)(=O)c1cccc2nsnc12. The van der Waals surface area contributed by atoms with Crippen molar-refractivity contribution in [2.24, 2.45) is 0 Å². The monoisotopic (exact) mass is 444 g/mol. The number of benzene rings is 2. The van der Waals surface area contributed by atoms with Gasteiger partial charge >= 0.3 is 0 Å². The lowest BCUT2D eigenvalue weighted by Crippen LogP contribution is -2.49. The van der Waals surface area contributed by atoms with Crippen LogP contribution in [0.5, 0.6) is 0 Å². The Labute approximate surface area is 180 Å². The van der Waals surface area contributed by atoms with E-state index in [0.717, 1.165) is 17.3 Å². The summed E-state index contributed by atoms with van der Waals surface area (Å²) in [6, 6.07) is 14.0. The summed E-state index contributed by atoms with van der Waals surface area (Å²) in [7, 11) is -3.87. The van der Waals surface area contributed by atoms with Gasteiger partial charge in [0.15, 0.2) is 0 Å². The van der Waals surface area contributed by atoms with Crippen molar-refractivity contribution < 1.29 is 13.2 Å². The zero-order valence-corrected chi connectivity index (χ0v) is 18.6. The summed E-state index contributed by atoms with van der Waals surface area (Å²) in [4.78, 5) is 15.4. The Kier molecular flexibility index (Phi) is 5.86. The van der Waals surface area contributed by atoms with Gasteiger partial charge in [-0.05, 0) is 44.4 Å². The van der Waals surface area contributed by atoms with Crippen molar-refractivity contribution >= 4 is 38.7 Å². The fourth-order valence-corrected chi connectivity index (χ4v) is 6.28. The Hall–Kier alpha value is -2.36. The highest BCUT2D eigenvalue weighted by Crippen LogP contribution is 2.31. The zero-order valence-electron chi connectivity index (χ0n) is 16.9. The number of amides is 1. The molecule has 1 atom stereocenters. The molecule has 1 saturated heterocycles. The smallest absolute Gasteiger partial charge is 0.246 e. The van der Waals surface area contributed by atoms with Crippen LogP contribution in [0.3, 0.4) is 0 Å². The van der Waals surface area contributed by atoms with E-state index in [-0.39, 0.29) is 16.8 Å². The molecule has 1 aliphatic heterocycles. The van der Waals surface area contributed by atoms with E-state index in [1.807, 2.05) is 44.2 Å². The first-order chi connectivity index (χ1) is 14.4. The van der Waals surface area contributed by atoms with Crippen molar-refractivity contribution in [1.82, 2.24) is 18.0 Å². The minimum atomic E-state index is -3.87. The lowest BCUT2D eigenvalue weighted by Gasteiger charge is -2.32. The van der Waals surface area contributed by atoms with Gasteiger partial charge in [-0.2, -0.15) is 13.1 Å². The van der Waals surface area contributed by atoms with E-state index in [1.165, 1.54) is 4.31 Å². The van der Waals surface area contributed by atoms with E-state index >= 15 is 0 Å². The molecule has 1 aromatic heterocycles. The molecular weight excluding hydrogens is 420 g/mol. The lowest BCUT2D eigenvalue weighted by atomic mass is 10.1. The largest absolute Gasteiger partial charge is 0.335 e. The molecule has 2 aromatic carbocycles. The molecule has 7 nitrogen and oxygen atoms in total. The van der Waals surface area contributed by atoms with Crippen LogP contribution < -0.4 is 0 Å². The van der Waals surface area contributed by atoms with Gasteiger partial charge in [-0.3, -0.25) is 4.79 Å². The fraction of sp³-hybridized carbons (Fsp3) is 0.381. The number of nitrogens with zero attached hydrogens (tertiary/aromatic N) is 4. The van der Waals surface area contributed by atoms with E-state index < -0.39 is 16.1 Å². The van der Waals surface area contributed by atoms with Gasteiger partial charge in [0, 0.05) is 19.1 Å². The first-order valence-electron chi connectivity index (χ1n) is 9.97. The molecule has 3 aromatic rings. The van der Waals surface area contributed by atoms with Gasteiger partial charge in [-0.1, -0.05) is 36.4 Å². The van der Waals surface area contributed by atoms with Gasteiger partial charge in [0.05, 0.1) is 11.7 Å². The van der Waals surface area contributed by atoms with Crippen LogP contribution in [0.4, 0.5) is 0 Å². The molecule has 158 valence electrons. The van der Waals surface area contributed by atoms with Crippen LogP contribution in [0.2, 0.25) is 0 Å². The minimum absolute atomic E-state index is 0.0472. The van der Waals surface area contributed by atoms with E-state index in [9.17, 15) is 13.2 Å². The van der Waals surface area contributed by atoms with Gasteiger partial charge < -0.3 is 4.90 Å². The predicted molar refractivity (Wildman–Crippen MR) is 116 cm³/mol. The molecule has 30 heavy (non-hydrogen) atoms. The van der Waals surface area contributed by atoms with Crippen LogP contribution in [0.1, 0.15) is 32.3 Å². The number of aromatic nitrogens is 2. The second-order valence-electron chi connectivity index (χ2n) is 7.71. The van der Waals surface area contributed by atoms with Crippen LogP contribution >= 0.6 is 11.7 Å². The molecule has 0 unspecified atom stereocenters. The van der Waals surface area contributed by atoms with Gasteiger partial charge in [-0.15, -0.1) is 0 Å². The second kappa shape index (κ2) is 8.41. The summed E-state index contributed by atoms with van der Waals surface area (Å²) in [5, 5.41) is 0. The lowest BCUT2D eigenvalue weighted by molar-refractivity contribution is -0.137.